The summed E-state index contributed by atoms with van der Waals surface area (Å²) in [7, 11) is 0. The van der Waals surface area contributed by atoms with Gasteiger partial charge in [-0.3, -0.25) is 4.79 Å². The molecule has 1 amide bonds. The number of nitriles is 1. The molecule has 1 heterocycles. The van der Waals surface area contributed by atoms with Gasteiger partial charge < -0.3 is 4.90 Å². The topological polar surface area (TPSA) is 44.1 Å². The van der Waals surface area contributed by atoms with Crippen molar-refractivity contribution in [3.05, 3.63) is 34.6 Å². The molecule has 0 unspecified atom stereocenters. The number of hydrogen-bond acceptors (Lipinski definition) is 2. The van der Waals surface area contributed by atoms with Crippen molar-refractivity contribution < 1.29 is 9.18 Å². The molecule has 1 fully saturated rings. The SMILES string of the molecule is CC1(C#N)CCN(C(=O)c2cccc(F)c2Cl)CC1. The first-order valence-electron chi connectivity index (χ1n) is 6.11. The van der Waals surface area contributed by atoms with Gasteiger partial charge in [0.05, 0.1) is 22.1 Å². The monoisotopic (exact) mass is 280 g/mol. The number of piperidine rings is 1. The second-order valence-corrected chi connectivity index (χ2v) is 5.44. The Kier molecular flexibility index (Phi) is 3.77. The summed E-state index contributed by atoms with van der Waals surface area (Å²) >= 11 is 5.82. The van der Waals surface area contributed by atoms with Crippen LogP contribution >= 0.6 is 11.6 Å². The minimum atomic E-state index is -0.591. The lowest BCUT2D eigenvalue weighted by molar-refractivity contribution is 0.0661. The van der Waals surface area contributed by atoms with Gasteiger partial charge in [0.25, 0.3) is 5.91 Å². The molecule has 0 aromatic heterocycles. The molecule has 0 aliphatic carbocycles. The molecule has 2 rings (SSSR count). The zero-order valence-corrected chi connectivity index (χ0v) is 11.4. The summed E-state index contributed by atoms with van der Waals surface area (Å²) in [5.74, 6) is -0.865. The van der Waals surface area contributed by atoms with Crippen molar-refractivity contribution in [1.29, 1.82) is 5.26 Å². The quantitative estimate of drug-likeness (QED) is 0.793. The molecule has 0 bridgehead atoms. The lowest BCUT2D eigenvalue weighted by atomic mass is 9.82. The number of hydrogen-bond donors (Lipinski definition) is 0. The third-order valence-corrected chi connectivity index (χ3v) is 3.99. The van der Waals surface area contributed by atoms with Crippen LogP contribution in [0.3, 0.4) is 0 Å². The standard InChI is InChI=1S/C14H14ClFN2O/c1-14(9-17)5-7-18(8-6-14)13(19)10-3-2-4-11(16)12(10)15/h2-4H,5-8H2,1H3. The Bertz CT molecular complexity index is 545. The summed E-state index contributed by atoms with van der Waals surface area (Å²) in [4.78, 5) is 13.9. The van der Waals surface area contributed by atoms with Gasteiger partial charge in [-0.1, -0.05) is 17.7 Å². The first-order chi connectivity index (χ1) is 8.97. The van der Waals surface area contributed by atoms with Crippen LogP contribution in [0.25, 0.3) is 0 Å². The summed E-state index contributed by atoms with van der Waals surface area (Å²) in [6.07, 6.45) is 1.25. The Hall–Kier alpha value is -1.60. The number of benzene rings is 1. The van der Waals surface area contributed by atoms with Gasteiger partial charge >= 0.3 is 0 Å². The largest absolute Gasteiger partial charge is 0.338 e. The van der Waals surface area contributed by atoms with Crippen molar-refractivity contribution in [1.82, 2.24) is 4.90 Å². The molecule has 1 saturated heterocycles. The van der Waals surface area contributed by atoms with Crippen LogP contribution in [0, 0.1) is 22.6 Å². The molecule has 0 spiro atoms. The maximum Gasteiger partial charge on any atom is 0.255 e. The Balaban J connectivity index is 2.15. The highest BCUT2D eigenvalue weighted by Gasteiger charge is 2.32. The van der Waals surface area contributed by atoms with Crippen LogP contribution in [0.15, 0.2) is 18.2 Å². The smallest absolute Gasteiger partial charge is 0.255 e. The second-order valence-electron chi connectivity index (χ2n) is 5.07. The molecule has 0 saturated carbocycles. The van der Waals surface area contributed by atoms with E-state index in [-0.39, 0.29) is 21.9 Å². The number of amides is 1. The summed E-state index contributed by atoms with van der Waals surface area (Å²) in [5, 5.41) is 8.91. The Labute approximate surface area is 116 Å². The predicted octanol–water partition coefficient (Wildman–Crippen LogP) is 3.24. The molecule has 100 valence electrons. The van der Waals surface area contributed by atoms with E-state index in [0.717, 1.165) is 0 Å². The minimum absolute atomic E-state index is 0.138. The van der Waals surface area contributed by atoms with E-state index < -0.39 is 5.82 Å². The van der Waals surface area contributed by atoms with Gasteiger partial charge in [0, 0.05) is 13.1 Å². The van der Waals surface area contributed by atoms with E-state index in [2.05, 4.69) is 6.07 Å². The fourth-order valence-corrected chi connectivity index (χ4v) is 2.36. The van der Waals surface area contributed by atoms with Gasteiger partial charge in [0.15, 0.2) is 0 Å². The lowest BCUT2D eigenvalue weighted by Crippen LogP contribution is -2.41. The van der Waals surface area contributed by atoms with Gasteiger partial charge in [-0.15, -0.1) is 0 Å². The van der Waals surface area contributed by atoms with Crippen molar-refractivity contribution >= 4 is 17.5 Å². The van der Waals surface area contributed by atoms with E-state index in [1.807, 2.05) is 6.92 Å². The zero-order chi connectivity index (χ0) is 14.0. The maximum absolute atomic E-state index is 13.3. The average Bonchev–Trinajstić information content (AvgIpc) is 2.42. The van der Waals surface area contributed by atoms with E-state index >= 15 is 0 Å². The van der Waals surface area contributed by atoms with Crippen LogP contribution in [-0.4, -0.2) is 23.9 Å². The molecule has 19 heavy (non-hydrogen) atoms. The lowest BCUT2D eigenvalue weighted by Gasteiger charge is -2.35. The highest BCUT2D eigenvalue weighted by atomic mass is 35.5. The highest BCUT2D eigenvalue weighted by molar-refractivity contribution is 6.34. The van der Waals surface area contributed by atoms with Crippen LogP contribution in [0.5, 0.6) is 0 Å². The summed E-state index contributed by atoms with van der Waals surface area (Å²) < 4.78 is 13.3. The summed E-state index contributed by atoms with van der Waals surface area (Å²) in [6.45, 7) is 2.88. The van der Waals surface area contributed by atoms with Gasteiger partial charge in [-0.25, -0.2) is 4.39 Å². The fourth-order valence-electron chi connectivity index (χ4n) is 2.15. The van der Waals surface area contributed by atoms with Gasteiger partial charge in [0.1, 0.15) is 5.82 Å². The predicted molar refractivity (Wildman–Crippen MR) is 70.3 cm³/mol. The number of carbonyl (C=O) groups is 1. The molecular weight excluding hydrogens is 267 g/mol. The summed E-state index contributed by atoms with van der Waals surface area (Å²) in [6, 6.07) is 6.49. The van der Waals surface area contributed by atoms with Gasteiger partial charge in [-0.05, 0) is 31.9 Å². The normalized spacial score (nSPS) is 17.9. The molecule has 1 aromatic rings. The molecule has 1 aliphatic rings. The number of halogens is 2. The van der Waals surface area contributed by atoms with E-state index in [1.165, 1.54) is 18.2 Å². The Morgan fingerprint density at radius 3 is 2.68 bits per heavy atom. The van der Waals surface area contributed by atoms with Crippen molar-refractivity contribution in [3.63, 3.8) is 0 Å². The number of rotatable bonds is 1. The number of likely N-dealkylation sites (tertiary alicyclic amines) is 1. The molecule has 0 radical (unpaired) electrons. The molecule has 3 nitrogen and oxygen atoms in total. The second kappa shape index (κ2) is 5.18. The van der Waals surface area contributed by atoms with Gasteiger partial charge in [-0.2, -0.15) is 5.26 Å². The maximum atomic E-state index is 13.3. The van der Waals surface area contributed by atoms with E-state index in [0.29, 0.717) is 25.9 Å². The molecule has 1 aromatic carbocycles. The van der Waals surface area contributed by atoms with Gasteiger partial charge in [0.2, 0.25) is 0 Å². The van der Waals surface area contributed by atoms with Crippen LogP contribution in [-0.2, 0) is 0 Å². The van der Waals surface area contributed by atoms with Crippen LogP contribution in [0.2, 0.25) is 5.02 Å². The van der Waals surface area contributed by atoms with Crippen molar-refractivity contribution in [2.75, 3.05) is 13.1 Å². The first-order valence-corrected chi connectivity index (χ1v) is 6.49. The van der Waals surface area contributed by atoms with E-state index in [9.17, 15) is 9.18 Å². The Morgan fingerprint density at radius 2 is 2.11 bits per heavy atom. The van der Waals surface area contributed by atoms with Crippen molar-refractivity contribution in [2.24, 2.45) is 5.41 Å². The van der Waals surface area contributed by atoms with Crippen LogP contribution in [0.4, 0.5) is 4.39 Å². The molecule has 1 aliphatic heterocycles. The number of nitrogens with zero attached hydrogens (tertiary/aromatic N) is 2. The molecule has 0 atom stereocenters. The zero-order valence-electron chi connectivity index (χ0n) is 10.6. The number of carbonyl (C=O) groups excluding carboxylic acids is 1. The Morgan fingerprint density at radius 1 is 1.47 bits per heavy atom. The fraction of sp³-hybridized carbons (Fsp3) is 0.429. The van der Waals surface area contributed by atoms with Crippen molar-refractivity contribution in [2.45, 2.75) is 19.8 Å². The average molecular weight is 281 g/mol. The van der Waals surface area contributed by atoms with Crippen LogP contribution in [0.1, 0.15) is 30.1 Å². The third kappa shape index (κ3) is 2.71. The molecule has 0 N–H and O–H groups in total. The van der Waals surface area contributed by atoms with E-state index in [1.54, 1.807) is 4.90 Å². The van der Waals surface area contributed by atoms with Crippen molar-refractivity contribution in [3.8, 4) is 6.07 Å². The third-order valence-electron chi connectivity index (χ3n) is 3.61. The summed E-state index contributed by atoms with van der Waals surface area (Å²) in [5.41, 5.74) is -0.190. The van der Waals surface area contributed by atoms with E-state index in [4.69, 9.17) is 16.9 Å². The minimum Gasteiger partial charge on any atom is -0.338 e. The molecular formula is C14H14ClFN2O. The van der Waals surface area contributed by atoms with Crippen LogP contribution < -0.4 is 0 Å². The molecule has 5 heteroatoms. The first kappa shape index (κ1) is 13.8. The highest BCUT2D eigenvalue weighted by Crippen LogP contribution is 2.31.